The number of ether oxygens (including phenoxy) is 18. The van der Waals surface area contributed by atoms with Crippen LogP contribution in [0.25, 0.3) is 0 Å². The summed E-state index contributed by atoms with van der Waals surface area (Å²) in [4.78, 5) is 72.1. The van der Waals surface area contributed by atoms with E-state index in [1.54, 1.807) is 27.7 Å². The van der Waals surface area contributed by atoms with E-state index < -0.39 is 365 Å². The molecule has 50 atom stereocenters. The number of carboxylic acid groups (broad SMARTS) is 1. The molecule has 17 unspecified atom stereocenters. The van der Waals surface area contributed by atoms with Gasteiger partial charge in [0.05, 0.1) is 100 Å². The van der Waals surface area contributed by atoms with Crippen molar-refractivity contribution in [2.75, 3.05) is 39.6 Å². The molecule has 0 aromatic heterocycles. The van der Waals surface area contributed by atoms with Crippen molar-refractivity contribution in [2.45, 2.75) is 437 Å². The Labute approximate surface area is 799 Å². The molecular formula is C93H150O45. The van der Waals surface area contributed by atoms with E-state index in [9.17, 15) is 132 Å². The van der Waals surface area contributed by atoms with E-state index in [0.717, 1.165) is 11.9 Å². The predicted molar refractivity (Wildman–Crippen MR) is 461 cm³/mol. The average Bonchev–Trinajstić information content (AvgIpc) is 0.829. The quantitative estimate of drug-likeness (QED) is 0.00713. The molecule has 22 N–H and O–H groups in total. The van der Waals surface area contributed by atoms with Crippen molar-refractivity contribution < 1.29 is 222 Å². The van der Waals surface area contributed by atoms with E-state index in [1.807, 2.05) is 27.7 Å². The Balaban J connectivity index is 0.749. The molecule has 0 spiro atoms. The zero-order chi connectivity index (χ0) is 101. The Morgan fingerprint density at radius 1 is 0.522 bits per heavy atom. The minimum atomic E-state index is -2.26. The van der Waals surface area contributed by atoms with Gasteiger partial charge in [-0.15, -0.1) is 0 Å². The van der Waals surface area contributed by atoms with Crippen molar-refractivity contribution in [1.29, 1.82) is 0 Å². The van der Waals surface area contributed by atoms with Crippen LogP contribution in [0.15, 0.2) is 11.6 Å². The maximum Gasteiger partial charge on any atom is 0.335 e. The van der Waals surface area contributed by atoms with Gasteiger partial charge in [0.1, 0.15) is 146 Å². The third-order valence-corrected chi connectivity index (χ3v) is 33.6. The molecule has 0 bridgehead atoms. The first kappa shape index (κ1) is 111. The van der Waals surface area contributed by atoms with Crippen LogP contribution in [0, 0.1) is 62.1 Å². The molecule has 8 heterocycles. The Morgan fingerprint density at radius 2 is 1.11 bits per heavy atom. The van der Waals surface area contributed by atoms with E-state index in [0.29, 0.717) is 57.8 Å². The highest BCUT2D eigenvalue weighted by Gasteiger charge is 2.74. The minimum Gasteiger partial charge on any atom is -0.479 e. The van der Waals surface area contributed by atoms with Crippen LogP contribution in [0.3, 0.4) is 0 Å². The Kier molecular flexibility index (Phi) is 35.2. The number of aliphatic carboxylic acids is 1. The third kappa shape index (κ3) is 21.3. The summed E-state index contributed by atoms with van der Waals surface area (Å²) in [6.07, 6.45) is -62.5. The molecule has 0 aromatic carbocycles. The summed E-state index contributed by atoms with van der Waals surface area (Å²) in [5.41, 5.74) is -7.67. The van der Waals surface area contributed by atoms with Crippen molar-refractivity contribution in [3.63, 3.8) is 0 Å². The van der Waals surface area contributed by atoms with Crippen LogP contribution in [-0.2, 0) is 109 Å². The predicted octanol–water partition coefficient (Wildman–Crippen LogP) is -4.27. The molecule has 13 rings (SSSR count). The van der Waals surface area contributed by atoms with E-state index in [-0.39, 0.29) is 50.5 Å². The maximum absolute atomic E-state index is 16.4. The summed E-state index contributed by atoms with van der Waals surface area (Å²) in [5.74, 6) is -9.28. The number of hydrogen-bond acceptors (Lipinski definition) is 44. The SMILES string of the molecule is CC[C@@H]1OCC(O)(O[C@@H](C[C@H](O)CC(=O)O[C@@H](C[C@H](O)CC(=O)O[C@@H]2C(C)O[C@@H](OC(=O)[C@]34CCC(C)(C)CC3C3=CCC5[C@@]6(C)CC[C@H](O[C@@H]7OC(C(=O)O)[C@H](O)[C@H](O[C@@H]8OC[C@@H](O)[C@H](O)C8O)C7O[C@@H]7OC(CO)[C@H](O)[C@H](O)C7O)[C@@](C)(C=O)C6CC[C@@]5(C)[C@]3(C)C[C@H]4O)[C@H](O[C@@H]3OC(C)[C@H](OC4OCC(O)[C@H](O[C@@H]5OCC(O)(CO)[C@@H]5O)[C@@H]4O)[C@H](O)C3O)C2O)[C@@H](C)CC)[C@@H](C)CC)C1O. The standard InChI is InChI=1S/C93H150O45/c1-14-38(4)49(127-56(102)27-43(98)26-50(39(5)15-2)138-93(120)37-123-48(16-3)75(93)114)25-42(97)28-57(103)130-69-41(7)126-82(73(65(69)111)135-80-64(110)61(107)68(40(6)125-80)131-79-67(113)70(47(100)33-122-79)132-84-76(115)91(119,35-96)36-124-84)137-85(118)92-24-23-86(8,9)29-45(92)44-17-18-53-87(10)21-20-55(88(11,34-95)52(87)19-22-89(53,12)90(44,13)30-54(92)101)129-83-74(136-81-63(109)60(106)59(105)51(31-94)128-81)71(66(112)72(134-83)77(116)117)133-78-62(108)58(104)46(99)32-121-78/h17,34,38-43,45-55,58-76,78-84,94,96-101,104-115,119-120H,14-16,18-33,35-37H2,1-13H3,(H,116,117)/t38-,39-,40?,41?,42-,43-,45?,46+,47?,48-,49-,50-,51?,52?,53?,54+,55-,58-,59-,60-,61+,62?,63?,64?,65?,66+,67-,68-,69+,70-,71-,72?,73+,74?,75?,76+,78-,79?,80-,81-,82-,83+,84-,87-,88-,89+,90+,91?,92+,93?/m0/s1. The molecule has 8 saturated heterocycles. The van der Waals surface area contributed by atoms with Crippen molar-refractivity contribution in [1.82, 2.24) is 0 Å². The first-order chi connectivity index (χ1) is 64.7. The fourth-order valence-electron chi connectivity index (χ4n) is 24.4. The molecule has 45 heteroatoms. The van der Waals surface area contributed by atoms with Crippen LogP contribution in [0.2, 0.25) is 0 Å². The lowest BCUT2D eigenvalue weighted by atomic mass is 9.33. The smallest absolute Gasteiger partial charge is 0.335 e. The number of carbonyl (C=O) groups excluding carboxylic acids is 4. The number of carbonyl (C=O) groups is 5. The van der Waals surface area contributed by atoms with Gasteiger partial charge in [0.15, 0.2) is 56.1 Å². The van der Waals surface area contributed by atoms with Gasteiger partial charge in [-0.2, -0.15) is 0 Å². The molecule has 13 aliphatic rings. The number of fused-ring (bicyclic) bond motifs is 7. The highest BCUT2D eigenvalue weighted by molar-refractivity contribution is 5.80. The lowest BCUT2D eigenvalue weighted by Crippen LogP contribution is -2.69. The van der Waals surface area contributed by atoms with Gasteiger partial charge in [0.25, 0.3) is 0 Å². The fourth-order valence-corrected chi connectivity index (χ4v) is 24.4. The molecule has 12 fully saturated rings. The summed E-state index contributed by atoms with van der Waals surface area (Å²) < 4.78 is 108. The normalized spacial score (nSPS) is 48.7. The van der Waals surface area contributed by atoms with Gasteiger partial charge in [0.2, 0.25) is 12.1 Å². The zero-order valence-electron chi connectivity index (χ0n) is 80.3. The molecule has 138 heavy (non-hydrogen) atoms. The van der Waals surface area contributed by atoms with Crippen LogP contribution in [0.5, 0.6) is 0 Å². The van der Waals surface area contributed by atoms with Gasteiger partial charge in [-0.05, 0) is 129 Å². The van der Waals surface area contributed by atoms with Crippen molar-refractivity contribution in [3.05, 3.63) is 11.6 Å². The van der Waals surface area contributed by atoms with Gasteiger partial charge in [0, 0.05) is 12.8 Å². The van der Waals surface area contributed by atoms with Crippen LogP contribution in [0.4, 0.5) is 0 Å². The molecule has 45 nitrogen and oxygen atoms in total. The lowest BCUT2D eigenvalue weighted by Gasteiger charge is -2.71. The summed E-state index contributed by atoms with van der Waals surface area (Å²) in [5, 5.41) is 248. The minimum absolute atomic E-state index is 0.0175. The molecule has 4 saturated carbocycles. The number of rotatable bonds is 35. The zero-order valence-corrected chi connectivity index (χ0v) is 80.3. The number of aliphatic hydroxyl groups excluding tert-OH is 19. The number of hydrogen-bond donors (Lipinski definition) is 22. The molecule has 5 aliphatic carbocycles. The molecule has 792 valence electrons. The Morgan fingerprint density at radius 3 is 1.74 bits per heavy atom. The van der Waals surface area contributed by atoms with Gasteiger partial charge in [-0.25, -0.2) is 4.79 Å². The lowest BCUT2D eigenvalue weighted by molar-refractivity contribution is -0.391. The number of allylic oxidation sites excluding steroid dienone is 2. The summed E-state index contributed by atoms with van der Waals surface area (Å²) >= 11 is 0. The summed E-state index contributed by atoms with van der Waals surface area (Å²) in [6.45, 7) is 19.7. The summed E-state index contributed by atoms with van der Waals surface area (Å²) in [6, 6.07) is 0. The highest BCUT2D eigenvalue weighted by Crippen LogP contribution is 2.76. The second-order valence-corrected chi connectivity index (χ2v) is 42.9. The van der Waals surface area contributed by atoms with E-state index in [2.05, 4.69) is 26.8 Å². The molecular weight excluding hydrogens is 1840 g/mol. The topological polar surface area (TPSA) is 697 Å². The Hall–Kier alpha value is -4.15. The van der Waals surface area contributed by atoms with Crippen LogP contribution in [-0.4, -0.2) is 427 Å². The van der Waals surface area contributed by atoms with E-state index >= 15 is 4.79 Å². The van der Waals surface area contributed by atoms with Crippen LogP contribution in [0.1, 0.15) is 193 Å². The fraction of sp³-hybridized carbons (Fsp3) is 0.925. The summed E-state index contributed by atoms with van der Waals surface area (Å²) in [7, 11) is 0. The molecule has 8 aliphatic heterocycles. The number of esters is 3. The second kappa shape index (κ2) is 43.7. The molecule has 0 amide bonds. The van der Waals surface area contributed by atoms with Gasteiger partial charge in [-0.1, -0.05) is 101 Å². The largest absolute Gasteiger partial charge is 0.479 e. The molecule has 0 aromatic rings. The molecule has 0 radical (unpaired) electrons. The maximum atomic E-state index is 16.4. The van der Waals surface area contributed by atoms with Crippen molar-refractivity contribution in [2.24, 2.45) is 62.1 Å². The van der Waals surface area contributed by atoms with E-state index in [4.69, 9.17) is 85.3 Å². The monoisotopic (exact) mass is 1990 g/mol. The van der Waals surface area contributed by atoms with Crippen LogP contribution < -0.4 is 0 Å². The first-order valence-corrected chi connectivity index (χ1v) is 48.7. The van der Waals surface area contributed by atoms with E-state index in [1.165, 1.54) is 13.8 Å². The van der Waals surface area contributed by atoms with Crippen LogP contribution >= 0.6 is 0 Å². The second-order valence-electron chi connectivity index (χ2n) is 42.9. The van der Waals surface area contributed by atoms with Gasteiger partial charge in [-0.3, -0.25) is 14.4 Å². The van der Waals surface area contributed by atoms with Gasteiger partial charge >= 0.3 is 23.9 Å². The number of aliphatic hydroxyl groups is 21. The Bertz CT molecular complexity index is 4120. The van der Waals surface area contributed by atoms with Crippen molar-refractivity contribution >= 4 is 30.2 Å². The third-order valence-electron chi connectivity index (χ3n) is 33.6. The highest BCUT2D eigenvalue weighted by atomic mass is 16.8. The number of aldehydes is 1. The van der Waals surface area contributed by atoms with Gasteiger partial charge < -0.3 is 202 Å². The number of carboxylic acids is 1. The average molecular weight is 1990 g/mol. The first-order valence-electron chi connectivity index (χ1n) is 48.7. The van der Waals surface area contributed by atoms with Crippen molar-refractivity contribution in [3.8, 4) is 0 Å².